The summed E-state index contributed by atoms with van der Waals surface area (Å²) in [5.74, 6) is 1.52. The minimum atomic E-state index is -0.470. The molecule has 5 nitrogen and oxygen atoms in total. The minimum absolute atomic E-state index is 0.0321. The van der Waals surface area contributed by atoms with Gasteiger partial charge in [-0.05, 0) is 0 Å². The molecule has 7 heteroatoms. The first-order valence-electron chi connectivity index (χ1n) is 6.46. The Morgan fingerprint density at radius 2 is 2.00 bits per heavy atom. The van der Waals surface area contributed by atoms with E-state index in [1.54, 1.807) is 6.92 Å². The van der Waals surface area contributed by atoms with Gasteiger partial charge in [-0.25, -0.2) is 4.79 Å². The SMILES string of the molecule is CCC(=O)c1sc(N2CCSCC2)c(C(=O)OC)c1N. The van der Waals surface area contributed by atoms with Crippen LogP contribution in [0.3, 0.4) is 0 Å². The van der Waals surface area contributed by atoms with Crippen LogP contribution in [0.4, 0.5) is 10.7 Å². The van der Waals surface area contributed by atoms with Crippen LogP contribution in [-0.4, -0.2) is 43.5 Å². The molecule has 110 valence electrons. The van der Waals surface area contributed by atoms with Crippen molar-refractivity contribution in [1.82, 2.24) is 0 Å². The lowest BCUT2D eigenvalue weighted by Gasteiger charge is -2.27. The third kappa shape index (κ3) is 2.78. The number of nitrogens with zero attached hydrogens (tertiary/aromatic N) is 1. The Bertz CT molecular complexity index is 522. The summed E-state index contributed by atoms with van der Waals surface area (Å²) in [5.41, 5.74) is 6.63. The van der Waals surface area contributed by atoms with Crippen LogP contribution in [-0.2, 0) is 4.74 Å². The van der Waals surface area contributed by atoms with Crippen LogP contribution in [0.2, 0.25) is 0 Å². The third-order valence-corrected chi connectivity index (χ3v) is 5.44. The van der Waals surface area contributed by atoms with Gasteiger partial charge in [0.1, 0.15) is 10.6 Å². The fourth-order valence-corrected chi connectivity index (χ4v) is 4.26. The molecule has 1 fully saturated rings. The highest BCUT2D eigenvalue weighted by atomic mass is 32.2. The molecular formula is C13H18N2O3S2. The lowest BCUT2D eigenvalue weighted by molar-refractivity contribution is 0.0603. The Morgan fingerprint density at radius 1 is 1.35 bits per heavy atom. The number of carbonyl (C=O) groups excluding carboxylic acids is 2. The molecule has 1 aromatic heterocycles. The zero-order valence-corrected chi connectivity index (χ0v) is 13.2. The summed E-state index contributed by atoms with van der Waals surface area (Å²) in [7, 11) is 1.33. The van der Waals surface area contributed by atoms with Gasteiger partial charge in [-0.1, -0.05) is 6.92 Å². The van der Waals surface area contributed by atoms with Crippen molar-refractivity contribution in [2.24, 2.45) is 0 Å². The van der Waals surface area contributed by atoms with Gasteiger partial charge in [0.2, 0.25) is 0 Å². The molecule has 1 saturated heterocycles. The maximum absolute atomic E-state index is 12.0. The topological polar surface area (TPSA) is 72.6 Å². The van der Waals surface area contributed by atoms with Crippen LogP contribution in [0.25, 0.3) is 0 Å². The number of Topliss-reactive ketones (excluding diaryl/α,β-unsaturated/α-hetero) is 1. The van der Waals surface area contributed by atoms with Crippen molar-refractivity contribution in [3.63, 3.8) is 0 Å². The lowest BCUT2D eigenvalue weighted by atomic mass is 10.1. The number of rotatable bonds is 4. The molecule has 1 aliphatic rings. The van der Waals surface area contributed by atoms with E-state index in [2.05, 4.69) is 4.90 Å². The van der Waals surface area contributed by atoms with Crippen LogP contribution < -0.4 is 10.6 Å². The van der Waals surface area contributed by atoms with E-state index < -0.39 is 5.97 Å². The smallest absolute Gasteiger partial charge is 0.343 e. The first kappa shape index (κ1) is 15.2. The van der Waals surface area contributed by atoms with E-state index in [0.29, 0.717) is 16.9 Å². The van der Waals surface area contributed by atoms with Crippen molar-refractivity contribution < 1.29 is 14.3 Å². The van der Waals surface area contributed by atoms with Crippen molar-refractivity contribution >= 4 is 45.5 Å². The van der Waals surface area contributed by atoms with E-state index in [9.17, 15) is 9.59 Å². The number of hydrogen-bond donors (Lipinski definition) is 1. The highest BCUT2D eigenvalue weighted by molar-refractivity contribution is 7.99. The maximum atomic E-state index is 12.0. The predicted molar refractivity (Wildman–Crippen MR) is 84.2 cm³/mol. The number of nitrogen functional groups attached to an aromatic ring is 1. The van der Waals surface area contributed by atoms with Crippen LogP contribution in [0, 0.1) is 0 Å². The number of anilines is 2. The minimum Gasteiger partial charge on any atom is -0.465 e. The summed E-state index contributed by atoms with van der Waals surface area (Å²) < 4.78 is 4.82. The van der Waals surface area contributed by atoms with Crippen molar-refractivity contribution in [3.8, 4) is 0 Å². The highest BCUT2D eigenvalue weighted by Crippen LogP contribution is 2.40. The number of nitrogens with two attached hydrogens (primary N) is 1. The molecule has 1 aromatic rings. The Labute approximate surface area is 126 Å². The molecule has 0 saturated carbocycles. The van der Waals surface area contributed by atoms with Gasteiger partial charge < -0.3 is 15.4 Å². The van der Waals surface area contributed by atoms with Gasteiger partial charge in [-0.15, -0.1) is 11.3 Å². The standard InChI is InChI=1S/C13H18N2O3S2/c1-3-8(16)11-10(14)9(13(17)18-2)12(20-11)15-4-6-19-7-5-15/h3-7,14H2,1-2H3. The van der Waals surface area contributed by atoms with Gasteiger partial charge in [0.05, 0.1) is 17.7 Å². The molecule has 0 atom stereocenters. The summed E-state index contributed by atoms with van der Waals surface area (Å²) in [4.78, 5) is 26.5. The Kier molecular flexibility index (Phi) is 4.93. The molecular weight excluding hydrogens is 296 g/mol. The molecule has 20 heavy (non-hydrogen) atoms. The normalized spacial score (nSPS) is 15.2. The number of methoxy groups -OCH3 is 1. The van der Waals surface area contributed by atoms with Crippen molar-refractivity contribution in [2.75, 3.05) is 42.3 Å². The molecule has 1 aliphatic heterocycles. The Hall–Kier alpha value is -1.21. The number of esters is 1. The fraction of sp³-hybridized carbons (Fsp3) is 0.538. The van der Waals surface area contributed by atoms with Gasteiger partial charge in [0.15, 0.2) is 5.78 Å². The highest BCUT2D eigenvalue weighted by Gasteiger charge is 2.29. The van der Waals surface area contributed by atoms with E-state index in [1.165, 1.54) is 18.4 Å². The van der Waals surface area contributed by atoms with Crippen molar-refractivity contribution in [3.05, 3.63) is 10.4 Å². The van der Waals surface area contributed by atoms with E-state index >= 15 is 0 Å². The van der Waals surface area contributed by atoms with Crippen molar-refractivity contribution in [2.45, 2.75) is 13.3 Å². The molecule has 0 aromatic carbocycles. The Balaban J connectivity index is 2.47. The average molecular weight is 314 g/mol. The van der Waals surface area contributed by atoms with Gasteiger partial charge in [-0.3, -0.25) is 4.79 Å². The number of thioether (sulfide) groups is 1. The second-order valence-corrected chi connectivity index (χ2v) is 6.62. The average Bonchev–Trinajstić information content (AvgIpc) is 2.84. The summed E-state index contributed by atoms with van der Waals surface area (Å²) in [6, 6.07) is 0. The summed E-state index contributed by atoms with van der Waals surface area (Å²) in [5, 5.41) is 0.770. The second-order valence-electron chi connectivity index (χ2n) is 4.39. The maximum Gasteiger partial charge on any atom is 0.343 e. The zero-order chi connectivity index (χ0) is 14.7. The third-order valence-electron chi connectivity index (χ3n) is 3.19. The molecule has 0 bridgehead atoms. The summed E-state index contributed by atoms with van der Waals surface area (Å²) >= 11 is 3.19. The van der Waals surface area contributed by atoms with E-state index in [-0.39, 0.29) is 11.5 Å². The number of hydrogen-bond acceptors (Lipinski definition) is 7. The first-order chi connectivity index (χ1) is 9.60. The first-order valence-corrected chi connectivity index (χ1v) is 8.43. The van der Waals surface area contributed by atoms with Crippen LogP contribution in [0.15, 0.2) is 0 Å². The monoisotopic (exact) mass is 314 g/mol. The van der Waals surface area contributed by atoms with E-state index in [0.717, 1.165) is 29.6 Å². The fourth-order valence-electron chi connectivity index (χ4n) is 2.09. The van der Waals surface area contributed by atoms with Crippen LogP contribution >= 0.6 is 23.1 Å². The number of ketones is 1. The lowest BCUT2D eigenvalue weighted by Crippen LogP contribution is -2.32. The number of carbonyl (C=O) groups is 2. The zero-order valence-electron chi connectivity index (χ0n) is 11.6. The molecule has 2 rings (SSSR count). The quantitative estimate of drug-likeness (QED) is 0.679. The molecule has 2 N–H and O–H groups in total. The number of thiophene rings is 1. The van der Waals surface area contributed by atoms with Gasteiger partial charge >= 0.3 is 5.97 Å². The van der Waals surface area contributed by atoms with Gasteiger partial charge in [0.25, 0.3) is 0 Å². The van der Waals surface area contributed by atoms with Crippen LogP contribution in [0.1, 0.15) is 33.4 Å². The number of ether oxygens (including phenoxy) is 1. The second kappa shape index (κ2) is 6.49. The molecule has 0 amide bonds. The van der Waals surface area contributed by atoms with E-state index in [1.807, 2.05) is 11.8 Å². The van der Waals surface area contributed by atoms with Crippen molar-refractivity contribution in [1.29, 1.82) is 0 Å². The van der Waals surface area contributed by atoms with E-state index in [4.69, 9.17) is 10.5 Å². The molecule has 0 unspecified atom stereocenters. The summed E-state index contributed by atoms with van der Waals surface area (Å²) in [6.45, 7) is 3.50. The molecule has 0 spiro atoms. The molecule has 0 aliphatic carbocycles. The molecule has 2 heterocycles. The predicted octanol–water partition coefficient (Wildman–Crippen LogP) is 2.26. The van der Waals surface area contributed by atoms with Gasteiger partial charge in [-0.2, -0.15) is 11.8 Å². The van der Waals surface area contributed by atoms with Crippen LogP contribution in [0.5, 0.6) is 0 Å². The summed E-state index contributed by atoms with van der Waals surface area (Å²) in [6.07, 6.45) is 0.376. The Morgan fingerprint density at radius 3 is 2.55 bits per heavy atom. The largest absolute Gasteiger partial charge is 0.465 e. The molecule has 0 radical (unpaired) electrons. The van der Waals surface area contributed by atoms with Gasteiger partial charge in [0, 0.05) is 31.0 Å².